The average molecular weight is 147 g/mol. The highest BCUT2D eigenvalue weighted by atomic mass is 19.1. The van der Waals surface area contributed by atoms with Crippen LogP contribution in [0.3, 0.4) is 0 Å². The predicted octanol–water partition coefficient (Wildman–Crippen LogP) is 1.93. The highest BCUT2D eigenvalue weighted by molar-refractivity contribution is 4.65. The zero-order valence-electron chi connectivity index (χ0n) is 7.39. The second-order valence-corrected chi connectivity index (χ2v) is 3.40. The van der Waals surface area contributed by atoms with Crippen molar-refractivity contribution in [2.45, 2.75) is 26.3 Å². The van der Waals surface area contributed by atoms with Crippen molar-refractivity contribution in [3.8, 4) is 0 Å². The van der Waals surface area contributed by atoms with Crippen LogP contribution >= 0.6 is 0 Å². The van der Waals surface area contributed by atoms with E-state index in [9.17, 15) is 4.39 Å². The third-order valence-electron chi connectivity index (χ3n) is 1.65. The fourth-order valence-electron chi connectivity index (χ4n) is 0.956. The SMILES string of the molecule is CC(C)CC(CF)N(C)C. The molecule has 0 rings (SSSR count). The summed E-state index contributed by atoms with van der Waals surface area (Å²) in [6.45, 7) is 4.00. The highest BCUT2D eigenvalue weighted by Gasteiger charge is 2.11. The van der Waals surface area contributed by atoms with Crippen molar-refractivity contribution in [3.63, 3.8) is 0 Å². The molecule has 0 aromatic carbocycles. The molecule has 0 aliphatic carbocycles. The van der Waals surface area contributed by atoms with Gasteiger partial charge in [-0.1, -0.05) is 13.8 Å². The molecule has 0 heterocycles. The van der Waals surface area contributed by atoms with Gasteiger partial charge in [-0.2, -0.15) is 0 Å². The molecule has 62 valence electrons. The molecule has 0 radical (unpaired) electrons. The number of rotatable bonds is 4. The highest BCUT2D eigenvalue weighted by Crippen LogP contribution is 2.08. The third kappa shape index (κ3) is 3.83. The van der Waals surface area contributed by atoms with Gasteiger partial charge in [-0.25, -0.2) is 4.39 Å². The number of halogens is 1. The van der Waals surface area contributed by atoms with Crippen LogP contribution < -0.4 is 0 Å². The minimum atomic E-state index is -0.231. The van der Waals surface area contributed by atoms with E-state index in [1.54, 1.807) is 0 Å². The Morgan fingerprint density at radius 1 is 1.30 bits per heavy atom. The Morgan fingerprint density at radius 3 is 1.90 bits per heavy atom. The lowest BCUT2D eigenvalue weighted by Crippen LogP contribution is -2.31. The molecule has 0 aromatic rings. The van der Waals surface area contributed by atoms with Gasteiger partial charge in [0.05, 0.1) is 0 Å². The Hall–Kier alpha value is -0.110. The third-order valence-corrected chi connectivity index (χ3v) is 1.65. The molecule has 0 aromatic heterocycles. The molecule has 1 nitrogen and oxygen atoms in total. The number of hydrogen-bond donors (Lipinski definition) is 0. The molecule has 10 heavy (non-hydrogen) atoms. The minimum absolute atomic E-state index is 0.111. The van der Waals surface area contributed by atoms with Crippen molar-refractivity contribution in [2.75, 3.05) is 20.8 Å². The van der Waals surface area contributed by atoms with Crippen LogP contribution in [0.25, 0.3) is 0 Å². The van der Waals surface area contributed by atoms with Crippen molar-refractivity contribution in [1.29, 1.82) is 0 Å². The smallest absolute Gasteiger partial charge is 0.105 e. The van der Waals surface area contributed by atoms with Gasteiger partial charge in [0.15, 0.2) is 0 Å². The van der Waals surface area contributed by atoms with Crippen molar-refractivity contribution in [1.82, 2.24) is 4.90 Å². The zero-order chi connectivity index (χ0) is 8.15. The normalized spacial score (nSPS) is 14.7. The lowest BCUT2D eigenvalue weighted by molar-refractivity contribution is 0.209. The fraction of sp³-hybridized carbons (Fsp3) is 1.00. The van der Waals surface area contributed by atoms with Gasteiger partial charge >= 0.3 is 0 Å². The molecule has 1 unspecified atom stereocenters. The summed E-state index contributed by atoms with van der Waals surface area (Å²) >= 11 is 0. The molecule has 0 saturated carbocycles. The van der Waals surface area contributed by atoms with E-state index < -0.39 is 0 Å². The first kappa shape index (κ1) is 9.89. The maximum atomic E-state index is 12.2. The topological polar surface area (TPSA) is 3.24 Å². The Balaban J connectivity index is 3.60. The van der Waals surface area contributed by atoms with Crippen molar-refractivity contribution in [2.24, 2.45) is 5.92 Å². The maximum Gasteiger partial charge on any atom is 0.105 e. The number of nitrogens with zero attached hydrogens (tertiary/aromatic N) is 1. The van der Waals surface area contributed by atoms with Crippen LogP contribution in [0.2, 0.25) is 0 Å². The predicted molar refractivity (Wildman–Crippen MR) is 42.9 cm³/mol. The molecule has 0 fully saturated rings. The van der Waals surface area contributed by atoms with E-state index in [-0.39, 0.29) is 12.7 Å². The molecule has 0 bridgehead atoms. The van der Waals surface area contributed by atoms with Crippen molar-refractivity contribution < 1.29 is 4.39 Å². The van der Waals surface area contributed by atoms with Gasteiger partial charge in [0.25, 0.3) is 0 Å². The second-order valence-electron chi connectivity index (χ2n) is 3.40. The van der Waals surface area contributed by atoms with Gasteiger partial charge in [-0.05, 0) is 26.4 Å². The van der Waals surface area contributed by atoms with Crippen LogP contribution in [0.5, 0.6) is 0 Å². The molecule has 2 heteroatoms. The lowest BCUT2D eigenvalue weighted by atomic mass is 10.0. The standard InChI is InChI=1S/C8H18FN/c1-7(2)5-8(6-9)10(3)4/h7-8H,5-6H2,1-4H3. The van der Waals surface area contributed by atoms with E-state index >= 15 is 0 Å². The molecule has 0 amide bonds. The summed E-state index contributed by atoms with van der Waals surface area (Å²) in [5.74, 6) is 0.586. The first-order valence-electron chi connectivity index (χ1n) is 3.80. The summed E-state index contributed by atoms with van der Waals surface area (Å²) in [7, 11) is 3.85. The van der Waals surface area contributed by atoms with Crippen LogP contribution in [-0.4, -0.2) is 31.7 Å². The number of hydrogen-bond acceptors (Lipinski definition) is 1. The van der Waals surface area contributed by atoms with Crippen LogP contribution in [-0.2, 0) is 0 Å². The number of alkyl halides is 1. The van der Waals surface area contributed by atoms with Crippen molar-refractivity contribution >= 4 is 0 Å². The summed E-state index contributed by atoms with van der Waals surface area (Å²) in [5, 5.41) is 0. The Labute approximate surface area is 63.2 Å². The molecule has 1 atom stereocenters. The molecule has 0 spiro atoms. The minimum Gasteiger partial charge on any atom is -0.304 e. The van der Waals surface area contributed by atoms with Gasteiger partial charge in [0, 0.05) is 6.04 Å². The van der Waals surface area contributed by atoms with Crippen LogP contribution in [0.1, 0.15) is 20.3 Å². The maximum absolute atomic E-state index is 12.2. The molecule has 0 aliphatic rings. The zero-order valence-corrected chi connectivity index (χ0v) is 7.39. The van der Waals surface area contributed by atoms with Gasteiger partial charge in [-0.3, -0.25) is 0 Å². The van der Waals surface area contributed by atoms with Gasteiger partial charge < -0.3 is 4.90 Å². The van der Waals surface area contributed by atoms with Crippen LogP contribution in [0.15, 0.2) is 0 Å². The molecule has 0 N–H and O–H groups in total. The summed E-state index contributed by atoms with van der Waals surface area (Å²) in [6.07, 6.45) is 0.948. The Morgan fingerprint density at radius 2 is 1.80 bits per heavy atom. The lowest BCUT2D eigenvalue weighted by Gasteiger charge is -2.22. The summed E-state index contributed by atoms with van der Waals surface area (Å²) in [4.78, 5) is 1.94. The van der Waals surface area contributed by atoms with E-state index in [0.717, 1.165) is 6.42 Å². The quantitative estimate of drug-likeness (QED) is 0.587. The van der Waals surface area contributed by atoms with Gasteiger partial charge in [0.1, 0.15) is 6.67 Å². The van der Waals surface area contributed by atoms with E-state index in [4.69, 9.17) is 0 Å². The van der Waals surface area contributed by atoms with E-state index in [0.29, 0.717) is 5.92 Å². The summed E-state index contributed by atoms with van der Waals surface area (Å²) < 4.78 is 12.2. The van der Waals surface area contributed by atoms with Gasteiger partial charge in [0.2, 0.25) is 0 Å². The van der Waals surface area contributed by atoms with Crippen LogP contribution in [0.4, 0.5) is 4.39 Å². The Bertz CT molecular complexity index is 81.3. The monoisotopic (exact) mass is 147 g/mol. The molecular weight excluding hydrogens is 129 g/mol. The van der Waals surface area contributed by atoms with Gasteiger partial charge in [-0.15, -0.1) is 0 Å². The molecule has 0 saturated heterocycles. The first-order valence-corrected chi connectivity index (χ1v) is 3.80. The second kappa shape index (κ2) is 4.67. The summed E-state index contributed by atoms with van der Waals surface area (Å²) in [6, 6.07) is 0.111. The molecule has 0 aliphatic heterocycles. The van der Waals surface area contributed by atoms with E-state index in [1.165, 1.54) is 0 Å². The molecular formula is C8H18FN. The fourth-order valence-corrected chi connectivity index (χ4v) is 0.956. The van der Waals surface area contributed by atoms with Crippen LogP contribution in [0, 0.1) is 5.92 Å². The van der Waals surface area contributed by atoms with Crippen molar-refractivity contribution in [3.05, 3.63) is 0 Å². The van der Waals surface area contributed by atoms with E-state index in [1.807, 2.05) is 19.0 Å². The Kier molecular flexibility index (Phi) is 4.62. The summed E-state index contributed by atoms with van der Waals surface area (Å²) in [5.41, 5.74) is 0. The van der Waals surface area contributed by atoms with E-state index in [2.05, 4.69) is 13.8 Å². The average Bonchev–Trinajstić information content (AvgIpc) is 1.81. The largest absolute Gasteiger partial charge is 0.304 e. The first-order chi connectivity index (χ1) is 4.57.